The summed E-state index contributed by atoms with van der Waals surface area (Å²) >= 11 is 1.34. The van der Waals surface area contributed by atoms with Crippen molar-refractivity contribution in [3.05, 3.63) is 71.1 Å². The van der Waals surface area contributed by atoms with Crippen molar-refractivity contribution in [3.8, 4) is 11.8 Å². The second-order valence-corrected chi connectivity index (χ2v) is 8.20. The van der Waals surface area contributed by atoms with Gasteiger partial charge in [0.2, 0.25) is 0 Å². The number of aromatic nitrogens is 3. The Bertz CT molecular complexity index is 1050. The minimum Gasteiger partial charge on any atom is -0.296 e. The Morgan fingerprint density at radius 2 is 1.77 bits per heavy atom. The van der Waals surface area contributed by atoms with Crippen molar-refractivity contribution >= 4 is 11.8 Å². The van der Waals surface area contributed by atoms with Gasteiger partial charge in [-0.25, -0.2) is 8.78 Å². The van der Waals surface area contributed by atoms with Gasteiger partial charge in [-0.3, -0.25) is 9.47 Å². The highest BCUT2D eigenvalue weighted by molar-refractivity contribution is 7.98. The van der Waals surface area contributed by atoms with E-state index in [1.807, 2.05) is 10.6 Å². The first-order valence-corrected chi connectivity index (χ1v) is 10.9. The van der Waals surface area contributed by atoms with Crippen LogP contribution in [0.2, 0.25) is 0 Å². The Morgan fingerprint density at radius 1 is 1.00 bits per heavy atom. The molecular formula is C22H21F2N5S. The summed E-state index contributed by atoms with van der Waals surface area (Å²) in [5, 5.41) is 18.4. The van der Waals surface area contributed by atoms with E-state index >= 15 is 0 Å². The van der Waals surface area contributed by atoms with E-state index in [9.17, 15) is 8.78 Å². The molecule has 1 aliphatic heterocycles. The van der Waals surface area contributed by atoms with E-state index in [0.29, 0.717) is 28.6 Å². The Labute approximate surface area is 178 Å². The van der Waals surface area contributed by atoms with E-state index in [0.717, 1.165) is 24.6 Å². The molecule has 2 heterocycles. The summed E-state index contributed by atoms with van der Waals surface area (Å²) in [7, 11) is 0. The first-order chi connectivity index (χ1) is 14.6. The van der Waals surface area contributed by atoms with Gasteiger partial charge in [-0.15, -0.1) is 10.2 Å². The van der Waals surface area contributed by atoms with E-state index in [4.69, 9.17) is 5.26 Å². The molecule has 1 aliphatic rings. The van der Waals surface area contributed by atoms with Gasteiger partial charge in [0.15, 0.2) is 11.0 Å². The molecule has 1 aromatic heterocycles. The van der Waals surface area contributed by atoms with Crippen molar-refractivity contribution < 1.29 is 8.78 Å². The standard InChI is InChI=1S/C22H21F2N5S/c23-18-5-7-19(8-6-18)29-21(14-28-10-2-1-3-11-28)26-27-22(29)30-15-17-12-16(13-25)4-9-20(17)24/h4-9,12H,1-3,10-11,14-15H2. The van der Waals surface area contributed by atoms with E-state index in [1.54, 1.807) is 18.2 Å². The first-order valence-electron chi connectivity index (χ1n) is 9.88. The molecule has 0 spiro atoms. The summed E-state index contributed by atoms with van der Waals surface area (Å²) in [5.74, 6) is 0.416. The Kier molecular flexibility index (Phi) is 6.41. The maximum absolute atomic E-state index is 14.2. The van der Waals surface area contributed by atoms with E-state index < -0.39 is 0 Å². The van der Waals surface area contributed by atoms with Gasteiger partial charge in [-0.1, -0.05) is 18.2 Å². The highest BCUT2D eigenvalue weighted by atomic mass is 32.2. The van der Waals surface area contributed by atoms with Gasteiger partial charge in [0, 0.05) is 11.4 Å². The fraction of sp³-hybridized carbons (Fsp3) is 0.318. The molecule has 0 radical (unpaired) electrons. The Hall–Kier alpha value is -2.76. The third-order valence-electron chi connectivity index (χ3n) is 5.13. The smallest absolute Gasteiger partial charge is 0.196 e. The zero-order chi connectivity index (χ0) is 20.9. The topological polar surface area (TPSA) is 57.7 Å². The fourth-order valence-electron chi connectivity index (χ4n) is 3.56. The van der Waals surface area contributed by atoms with Gasteiger partial charge in [0.05, 0.1) is 18.2 Å². The van der Waals surface area contributed by atoms with Crippen LogP contribution in [-0.2, 0) is 12.3 Å². The van der Waals surface area contributed by atoms with Crippen LogP contribution in [0.5, 0.6) is 0 Å². The average molecular weight is 426 g/mol. The molecule has 30 heavy (non-hydrogen) atoms. The molecule has 0 saturated carbocycles. The summed E-state index contributed by atoms with van der Waals surface area (Å²) in [4.78, 5) is 2.35. The van der Waals surface area contributed by atoms with Gasteiger partial charge >= 0.3 is 0 Å². The molecule has 0 unspecified atom stereocenters. The molecule has 154 valence electrons. The normalized spacial score (nSPS) is 14.6. The maximum Gasteiger partial charge on any atom is 0.196 e. The number of piperidine rings is 1. The SMILES string of the molecule is N#Cc1ccc(F)c(CSc2nnc(CN3CCCCC3)n2-c2ccc(F)cc2)c1. The Morgan fingerprint density at radius 3 is 2.50 bits per heavy atom. The van der Waals surface area contributed by atoms with Crippen LogP contribution >= 0.6 is 11.8 Å². The molecule has 0 aliphatic carbocycles. The van der Waals surface area contributed by atoms with E-state index in [2.05, 4.69) is 15.1 Å². The molecule has 8 heteroatoms. The molecule has 3 aromatic rings. The number of likely N-dealkylation sites (tertiary alicyclic amines) is 1. The third kappa shape index (κ3) is 4.69. The number of nitriles is 1. The monoisotopic (exact) mass is 425 g/mol. The Balaban J connectivity index is 1.62. The van der Waals surface area contributed by atoms with Crippen LogP contribution in [0.25, 0.3) is 5.69 Å². The van der Waals surface area contributed by atoms with Crippen LogP contribution in [-0.4, -0.2) is 32.8 Å². The highest BCUT2D eigenvalue weighted by Gasteiger charge is 2.19. The largest absolute Gasteiger partial charge is 0.296 e. The third-order valence-corrected chi connectivity index (χ3v) is 6.11. The van der Waals surface area contributed by atoms with Gasteiger partial charge in [-0.2, -0.15) is 5.26 Å². The number of halogens is 2. The number of thioether (sulfide) groups is 1. The zero-order valence-electron chi connectivity index (χ0n) is 16.4. The van der Waals surface area contributed by atoms with Crippen LogP contribution < -0.4 is 0 Å². The van der Waals surface area contributed by atoms with Gasteiger partial charge in [0.25, 0.3) is 0 Å². The summed E-state index contributed by atoms with van der Waals surface area (Å²) in [6, 6.07) is 12.6. The quantitative estimate of drug-likeness (QED) is 0.536. The van der Waals surface area contributed by atoms with E-state index in [-0.39, 0.29) is 11.6 Å². The molecule has 0 N–H and O–H groups in total. The molecule has 1 fully saturated rings. The van der Waals surface area contributed by atoms with Crippen LogP contribution in [0.15, 0.2) is 47.6 Å². The number of benzene rings is 2. The van der Waals surface area contributed by atoms with Crippen molar-refractivity contribution in [3.63, 3.8) is 0 Å². The molecule has 0 atom stereocenters. The van der Waals surface area contributed by atoms with Crippen molar-refractivity contribution in [1.29, 1.82) is 5.26 Å². The van der Waals surface area contributed by atoms with Crippen LogP contribution in [0, 0.1) is 23.0 Å². The number of hydrogen-bond acceptors (Lipinski definition) is 5. The van der Waals surface area contributed by atoms with Crippen molar-refractivity contribution in [2.75, 3.05) is 13.1 Å². The second-order valence-electron chi connectivity index (χ2n) is 7.25. The molecular weight excluding hydrogens is 404 g/mol. The second kappa shape index (κ2) is 9.37. The van der Waals surface area contributed by atoms with Crippen LogP contribution in [0.3, 0.4) is 0 Å². The fourth-order valence-corrected chi connectivity index (χ4v) is 4.50. The van der Waals surface area contributed by atoms with Crippen LogP contribution in [0.4, 0.5) is 8.78 Å². The summed E-state index contributed by atoms with van der Waals surface area (Å²) in [6.07, 6.45) is 3.58. The molecule has 5 nitrogen and oxygen atoms in total. The average Bonchev–Trinajstić information content (AvgIpc) is 3.17. The lowest BCUT2D eigenvalue weighted by Gasteiger charge is -2.26. The first kappa shape index (κ1) is 20.5. The van der Waals surface area contributed by atoms with Crippen molar-refractivity contribution in [2.45, 2.75) is 36.7 Å². The van der Waals surface area contributed by atoms with Gasteiger partial charge in [0.1, 0.15) is 11.6 Å². The van der Waals surface area contributed by atoms with E-state index in [1.165, 1.54) is 55.3 Å². The lowest BCUT2D eigenvalue weighted by atomic mass is 10.1. The minimum absolute atomic E-state index is 0.310. The molecule has 1 saturated heterocycles. The summed E-state index contributed by atoms with van der Waals surface area (Å²) in [5.41, 5.74) is 1.62. The van der Waals surface area contributed by atoms with Gasteiger partial charge < -0.3 is 0 Å². The van der Waals surface area contributed by atoms with Crippen LogP contribution in [0.1, 0.15) is 36.2 Å². The molecule has 4 rings (SSSR count). The predicted octanol–water partition coefficient (Wildman–Crippen LogP) is 4.70. The molecule has 0 amide bonds. The zero-order valence-corrected chi connectivity index (χ0v) is 17.2. The predicted molar refractivity (Wildman–Crippen MR) is 111 cm³/mol. The summed E-state index contributed by atoms with van der Waals surface area (Å²) < 4.78 is 29.5. The number of nitrogens with zero attached hydrogens (tertiary/aromatic N) is 5. The molecule has 0 bridgehead atoms. The summed E-state index contributed by atoms with van der Waals surface area (Å²) in [6.45, 7) is 2.69. The van der Waals surface area contributed by atoms with Crippen molar-refractivity contribution in [2.24, 2.45) is 0 Å². The number of hydrogen-bond donors (Lipinski definition) is 0. The highest BCUT2D eigenvalue weighted by Crippen LogP contribution is 2.27. The number of rotatable bonds is 6. The van der Waals surface area contributed by atoms with Crippen molar-refractivity contribution in [1.82, 2.24) is 19.7 Å². The lowest BCUT2D eigenvalue weighted by Crippen LogP contribution is -2.30. The lowest BCUT2D eigenvalue weighted by molar-refractivity contribution is 0.214. The van der Waals surface area contributed by atoms with Gasteiger partial charge in [-0.05, 0) is 74.0 Å². The maximum atomic E-state index is 14.2. The molecule has 2 aromatic carbocycles. The minimum atomic E-state index is -0.358.